The SMILES string of the molecule is CCCCCC/C=C/CCCCCCCCOCC(O)COP(=O)([O-])OCC[N+](C)(C)C. The quantitative estimate of drug-likeness (QED) is 0.0977. The summed E-state index contributed by atoms with van der Waals surface area (Å²) >= 11 is 0. The Hall–Kier alpha value is -0.270. The Kier molecular flexibility index (Phi) is 20.0. The fourth-order valence-electron chi connectivity index (χ4n) is 3.01. The average molecular weight is 480 g/mol. The first-order valence-electron chi connectivity index (χ1n) is 12.5. The molecule has 0 heterocycles. The summed E-state index contributed by atoms with van der Waals surface area (Å²) in [7, 11) is 1.44. The van der Waals surface area contributed by atoms with Gasteiger partial charge in [0.25, 0.3) is 7.82 Å². The van der Waals surface area contributed by atoms with Crippen molar-refractivity contribution in [1.82, 2.24) is 0 Å². The van der Waals surface area contributed by atoms with Crippen LogP contribution in [0.3, 0.4) is 0 Å². The third-order valence-electron chi connectivity index (χ3n) is 5.05. The first kappa shape index (κ1) is 31.7. The summed E-state index contributed by atoms with van der Waals surface area (Å²) in [5, 5.41) is 9.81. The van der Waals surface area contributed by atoms with Crippen molar-refractivity contribution < 1.29 is 32.8 Å². The van der Waals surface area contributed by atoms with Gasteiger partial charge in [-0.15, -0.1) is 0 Å². The van der Waals surface area contributed by atoms with E-state index in [1.165, 1.54) is 64.2 Å². The lowest BCUT2D eigenvalue weighted by molar-refractivity contribution is -0.870. The highest BCUT2D eigenvalue weighted by Gasteiger charge is 2.15. The Morgan fingerprint density at radius 3 is 2.00 bits per heavy atom. The van der Waals surface area contributed by atoms with Crippen molar-refractivity contribution in [3.8, 4) is 0 Å². The summed E-state index contributed by atoms with van der Waals surface area (Å²) in [5.41, 5.74) is 0. The number of hydrogen-bond donors (Lipinski definition) is 1. The Bertz CT molecular complexity index is 495. The lowest BCUT2D eigenvalue weighted by Crippen LogP contribution is -2.37. The highest BCUT2D eigenvalue weighted by Crippen LogP contribution is 2.38. The zero-order valence-electron chi connectivity index (χ0n) is 21.1. The number of unbranched alkanes of at least 4 members (excludes halogenated alkanes) is 10. The summed E-state index contributed by atoms with van der Waals surface area (Å²) in [5.74, 6) is 0. The molecule has 0 aliphatic rings. The van der Waals surface area contributed by atoms with Crippen LogP contribution in [0.5, 0.6) is 0 Å². The molecule has 0 saturated heterocycles. The largest absolute Gasteiger partial charge is 0.756 e. The van der Waals surface area contributed by atoms with E-state index in [2.05, 4.69) is 19.1 Å². The lowest BCUT2D eigenvalue weighted by Gasteiger charge is -2.27. The molecule has 0 fully saturated rings. The normalized spacial score (nSPS) is 15.3. The number of ether oxygens (including phenoxy) is 1. The first-order valence-corrected chi connectivity index (χ1v) is 13.9. The van der Waals surface area contributed by atoms with Crippen molar-refractivity contribution in [2.24, 2.45) is 0 Å². The van der Waals surface area contributed by atoms with Crippen LogP contribution in [0.25, 0.3) is 0 Å². The van der Waals surface area contributed by atoms with Crippen LogP contribution in [-0.2, 0) is 18.3 Å². The minimum Gasteiger partial charge on any atom is -0.756 e. The smallest absolute Gasteiger partial charge is 0.268 e. The van der Waals surface area contributed by atoms with Crippen molar-refractivity contribution in [1.29, 1.82) is 0 Å². The van der Waals surface area contributed by atoms with E-state index in [4.69, 9.17) is 13.8 Å². The zero-order chi connectivity index (χ0) is 24.1. The maximum absolute atomic E-state index is 11.7. The van der Waals surface area contributed by atoms with Crippen LogP contribution in [-0.4, -0.2) is 69.8 Å². The summed E-state index contributed by atoms with van der Waals surface area (Å²) < 4.78 is 27.2. The molecule has 2 unspecified atom stereocenters. The predicted molar refractivity (Wildman–Crippen MR) is 129 cm³/mol. The summed E-state index contributed by atoms with van der Waals surface area (Å²) in [6, 6.07) is 0. The minimum absolute atomic E-state index is 0.0483. The Labute approximate surface area is 197 Å². The maximum atomic E-state index is 11.7. The second kappa shape index (κ2) is 20.1. The van der Waals surface area contributed by atoms with Crippen molar-refractivity contribution in [2.45, 2.75) is 90.1 Å². The fraction of sp³-hybridized carbons (Fsp3) is 0.917. The number of hydrogen-bond acceptors (Lipinski definition) is 6. The van der Waals surface area contributed by atoms with Gasteiger partial charge in [0, 0.05) is 6.61 Å². The number of allylic oxidation sites excluding steroid dienone is 2. The molecule has 0 bridgehead atoms. The first-order chi connectivity index (χ1) is 15.2. The van der Waals surface area contributed by atoms with Crippen LogP contribution in [0.1, 0.15) is 84.0 Å². The van der Waals surface area contributed by atoms with Crippen molar-refractivity contribution in [3.05, 3.63) is 12.2 Å². The number of aliphatic hydroxyl groups is 1. The van der Waals surface area contributed by atoms with Gasteiger partial charge in [0.15, 0.2) is 0 Å². The van der Waals surface area contributed by atoms with E-state index in [0.717, 1.165) is 12.8 Å². The van der Waals surface area contributed by atoms with E-state index in [0.29, 0.717) is 17.6 Å². The number of quaternary nitrogens is 1. The summed E-state index contributed by atoms with van der Waals surface area (Å²) in [6.07, 6.45) is 18.4. The van der Waals surface area contributed by atoms with Crippen molar-refractivity contribution in [3.63, 3.8) is 0 Å². The topological polar surface area (TPSA) is 88.0 Å². The molecule has 32 heavy (non-hydrogen) atoms. The number of phosphoric ester groups is 1. The second-order valence-corrected chi connectivity index (χ2v) is 11.0. The highest BCUT2D eigenvalue weighted by molar-refractivity contribution is 7.45. The van der Waals surface area contributed by atoms with E-state index in [1.54, 1.807) is 0 Å². The van der Waals surface area contributed by atoms with Crippen LogP contribution in [0.15, 0.2) is 12.2 Å². The number of likely N-dealkylation sites (N-methyl/N-ethyl adjacent to an activating group) is 1. The molecule has 7 nitrogen and oxygen atoms in total. The maximum Gasteiger partial charge on any atom is 0.268 e. The zero-order valence-corrected chi connectivity index (χ0v) is 22.0. The van der Waals surface area contributed by atoms with Gasteiger partial charge in [-0.3, -0.25) is 4.57 Å². The van der Waals surface area contributed by atoms with Crippen LogP contribution in [0.4, 0.5) is 0 Å². The monoisotopic (exact) mass is 479 g/mol. The molecule has 0 spiro atoms. The van der Waals surface area contributed by atoms with E-state index in [1.807, 2.05) is 21.1 Å². The van der Waals surface area contributed by atoms with Gasteiger partial charge in [0.2, 0.25) is 0 Å². The number of phosphoric acid groups is 1. The standard InChI is InChI=1S/C24H50NO6P/c1-5-6-7-8-9-10-11-12-13-14-15-16-17-18-20-29-22-24(26)23-31-32(27,28)30-21-19-25(2,3)4/h10-11,24,26H,5-9,12-23H2,1-4H3/b11-10+. The Morgan fingerprint density at radius 1 is 0.844 bits per heavy atom. The van der Waals surface area contributed by atoms with Crippen molar-refractivity contribution in [2.75, 3.05) is 54.1 Å². The molecule has 0 rings (SSSR count). The minimum atomic E-state index is -4.39. The molecule has 8 heteroatoms. The molecule has 0 saturated carbocycles. The molecule has 192 valence electrons. The lowest BCUT2D eigenvalue weighted by atomic mass is 10.1. The van der Waals surface area contributed by atoms with Gasteiger partial charge < -0.3 is 28.3 Å². The molecular formula is C24H50NO6P. The molecule has 0 aromatic heterocycles. The third kappa shape index (κ3) is 24.4. The molecule has 0 aliphatic heterocycles. The molecule has 0 amide bonds. The van der Waals surface area contributed by atoms with Crippen LogP contribution < -0.4 is 4.89 Å². The van der Waals surface area contributed by atoms with Crippen LogP contribution in [0.2, 0.25) is 0 Å². The Balaban J connectivity index is 3.46. The van der Waals surface area contributed by atoms with Crippen molar-refractivity contribution >= 4 is 7.82 Å². The average Bonchev–Trinajstić information content (AvgIpc) is 2.71. The van der Waals surface area contributed by atoms with E-state index < -0.39 is 13.9 Å². The Morgan fingerprint density at radius 2 is 1.41 bits per heavy atom. The molecule has 1 N–H and O–H groups in total. The van der Waals surface area contributed by atoms with Gasteiger partial charge in [-0.1, -0.05) is 64.0 Å². The number of nitrogens with zero attached hydrogens (tertiary/aromatic N) is 1. The van der Waals surface area contributed by atoms with Gasteiger partial charge in [0.05, 0.1) is 34.4 Å². The molecule has 0 aromatic carbocycles. The number of aliphatic hydroxyl groups excluding tert-OH is 1. The van der Waals surface area contributed by atoms with Crippen LogP contribution >= 0.6 is 7.82 Å². The molecule has 0 radical (unpaired) electrons. The van der Waals surface area contributed by atoms with Crippen LogP contribution in [0, 0.1) is 0 Å². The number of rotatable bonds is 23. The van der Waals surface area contributed by atoms with E-state index in [9.17, 15) is 14.6 Å². The molecular weight excluding hydrogens is 429 g/mol. The summed E-state index contributed by atoms with van der Waals surface area (Å²) in [4.78, 5) is 11.7. The van der Waals surface area contributed by atoms with Gasteiger partial charge in [-0.25, -0.2) is 0 Å². The van der Waals surface area contributed by atoms with Gasteiger partial charge in [-0.05, 0) is 32.1 Å². The summed E-state index contributed by atoms with van der Waals surface area (Å²) in [6.45, 7) is 3.10. The molecule has 2 atom stereocenters. The third-order valence-corrected chi connectivity index (χ3v) is 6.01. The van der Waals surface area contributed by atoms with Gasteiger partial charge in [-0.2, -0.15) is 0 Å². The van der Waals surface area contributed by atoms with E-state index >= 15 is 0 Å². The second-order valence-electron chi connectivity index (χ2n) is 9.55. The van der Waals surface area contributed by atoms with Gasteiger partial charge >= 0.3 is 0 Å². The van der Waals surface area contributed by atoms with Gasteiger partial charge in [0.1, 0.15) is 19.3 Å². The molecule has 0 aliphatic carbocycles. The van der Waals surface area contributed by atoms with E-state index in [-0.39, 0.29) is 19.8 Å². The predicted octanol–water partition coefficient (Wildman–Crippen LogP) is 4.83. The fourth-order valence-corrected chi connectivity index (χ4v) is 3.74. The molecule has 0 aromatic rings. The highest BCUT2D eigenvalue weighted by atomic mass is 31.2.